The number of ether oxygens (including phenoxy) is 3. The van der Waals surface area contributed by atoms with Crippen LogP contribution in [0, 0.1) is 0 Å². The first-order valence-corrected chi connectivity index (χ1v) is 25.1. The van der Waals surface area contributed by atoms with E-state index in [0.29, 0.717) is 25.0 Å². The Morgan fingerprint density at radius 3 is 1.60 bits per heavy atom. The third kappa shape index (κ3) is 25.0. The summed E-state index contributed by atoms with van der Waals surface area (Å²) >= 11 is 0. The van der Waals surface area contributed by atoms with Crippen molar-refractivity contribution in [1.29, 1.82) is 0 Å². The summed E-state index contributed by atoms with van der Waals surface area (Å²) in [5, 5.41) is 50.2. The topological polar surface area (TPSA) is 222 Å². The second-order valence-electron chi connectivity index (χ2n) is 17.0. The Morgan fingerprint density at radius 1 is 0.583 bits per heavy atom. The average molecular weight is 879 g/mol. The number of carbonyl (C=O) groups is 2. The second kappa shape index (κ2) is 33.1. The Morgan fingerprint density at radius 2 is 1.05 bits per heavy atom. The Bertz CT molecular complexity index is 1170. The van der Waals surface area contributed by atoms with Crippen molar-refractivity contribution in [1.82, 2.24) is 0 Å². The molecule has 2 rings (SSSR count). The third-order valence-electron chi connectivity index (χ3n) is 11.5. The maximum atomic E-state index is 12.8. The van der Waals surface area contributed by atoms with E-state index in [-0.39, 0.29) is 12.8 Å². The molecule has 0 aromatic carbocycles. The first kappa shape index (κ1) is 54.7. The van der Waals surface area contributed by atoms with E-state index in [1.165, 1.54) is 83.5 Å². The fraction of sp³-hybridized carbons (Fsp3) is 0.911. The molecule has 0 aromatic heterocycles. The molecule has 0 amide bonds. The minimum Gasteiger partial charge on any atom is -0.462 e. The lowest BCUT2D eigenvalue weighted by Crippen LogP contribution is -2.64. The molecule has 2 aliphatic rings. The van der Waals surface area contributed by atoms with E-state index >= 15 is 0 Å². The number of unbranched alkanes of at least 4 members (excludes halogenated alkanes) is 21. The smallest absolute Gasteiger partial charge is 0.462 e. The highest BCUT2D eigenvalue weighted by Gasteiger charge is 2.51. The molecule has 1 heterocycles. The number of rotatable bonds is 38. The Hall–Kier alpha value is -1.45. The van der Waals surface area contributed by atoms with Crippen molar-refractivity contribution in [3.05, 3.63) is 12.2 Å². The van der Waals surface area contributed by atoms with E-state index in [9.17, 15) is 44.6 Å². The van der Waals surface area contributed by atoms with Crippen LogP contribution >= 0.6 is 7.82 Å². The average Bonchev–Trinajstić information content (AvgIpc) is 3.99. The van der Waals surface area contributed by atoms with Crippen LogP contribution in [0.5, 0.6) is 0 Å². The van der Waals surface area contributed by atoms with E-state index in [1.54, 1.807) is 0 Å². The number of epoxide rings is 1. The van der Waals surface area contributed by atoms with Gasteiger partial charge in [-0.25, -0.2) is 4.57 Å². The highest BCUT2D eigenvalue weighted by Crippen LogP contribution is 2.47. The minimum atomic E-state index is -5.12. The van der Waals surface area contributed by atoms with Gasteiger partial charge < -0.3 is 44.6 Å². The van der Waals surface area contributed by atoms with E-state index < -0.39 is 75.7 Å². The van der Waals surface area contributed by atoms with Gasteiger partial charge in [-0.1, -0.05) is 154 Å². The van der Waals surface area contributed by atoms with Crippen LogP contribution in [0.3, 0.4) is 0 Å². The Balaban J connectivity index is 1.70. The summed E-state index contributed by atoms with van der Waals surface area (Å²) in [6.07, 6.45) is 21.4. The number of phosphoric acid groups is 1. The summed E-state index contributed by atoms with van der Waals surface area (Å²) in [6.45, 7) is 3.26. The summed E-state index contributed by atoms with van der Waals surface area (Å²) in [5.74, 6) is -1.11. The number of hydrogen-bond donors (Lipinski definition) is 6. The van der Waals surface area contributed by atoms with E-state index in [2.05, 4.69) is 26.0 Å². The summed E-state index contributed by atoms with van der Waals surface area (Å²) in [4.78, 5) is 35.7. The van der Waals surface area contributed by atoms with Gasteiger partial charge in [-0.15, -0.1) is 0 Å². The van der Waals surface area contributed by atoms with Gasteiger partial charge in [-0.05, 0) is 38.5 Å². The first-order valence-electron chi connectivity index (χ1n) is 23.6. The maximum Gasteiger partial charge on any atom is 0.472 e. The van der Waals surface area contributed by atoms with Crippen molar-refractivity contribution in [3.63, 3.8) is 0 Å². The molecule has 14 nitrogen and oxygen atoms in total. The molecule has 2 fully saturated rings. The SMILES string of the molecule is CCCCC/C=C\CC1OC1CCCCCCCC(=O)OC[C@H](COP(=O)(O)OC1[C@H](O)[C@H](O)C(O)[C@H](O)[C@H]1O)OC(=O)CCCCCCCCCCCCCCCCC. The number of aliphatic hydroxyl groups excluding tert-OH is 5. The predicted molar refractivity (Wildman–Crippen MR) is 230 cm³/mol. The lowest BCUT2D eigenvalue weighted by molar-refractivity contribution is -0.220. The van der Waals surface area contributed by atoms with Crippen molar-refractivity contribution in [2.75, 3.05) is 13.2 Å². The van der Waals surface area contributed by atoms with Crippen molar-refractivity contribution in [2.24, 2.45) is 0 Å². The van der Waals surface area contributed by atoms with E-state index in [0.717, 1.165) is 70.6 Å². The van der Waals surface area contributed by atoms with Gasteiger partial charge in [0.1, 0.15) is 43.2 Å². The number of carbonyl (C=O) groups excluding carboxylic acids is 2. The van der Waals surface area contributed by atoms with Gasteiger partial charge in [0.2, 0.25) is 0 Å². The molecular weight excluding hydrogens is 795 g/mol. The molecule has 1 aliphatic heterocycles. The third-order valence-corrected chi connectivity index (χ3v) is 12.5. The monoisotopic (exact) mass is 879 g/mol. The number of hydrogen-bond acceptors (Lipinski definition) is 13. The van der Waals surface area contributed by atoms with Gasteiger partial charge in [-0.2, -0.15) is 0 Å². The molecule has 60 heavy (non-hydrogen) atoms. The lowest BCUT2D eigenvalue weighted by atomic mass is 9.85. The molecule has 10 atom stereocenters. The molecule has 0 radical (unpaired) electrons. The van der Waals surface area contributed by atoms with E-state index in [4.69, 9.17) is 23.3 Å². The van der Waals surface area contributed by atoms with Gasteiger partial charge in [0.25, 0.3) is 0 Å². The second-order valence-corrected chi connectivity index (χ2v) is 18.4. The number of allylic oxidation sites excluding steroid dienone is 1. The molecule has 0 aromatic rings. The summed E-state index contributed by atoms with van der Waals surface area (Å²) in [6, 6.07) is 0. The van der Waals surface area contributed by atoms with Gasteiger partial charge >= 0.3 is 19.8 Å². The molecule has 5 unspecified atom stereocenters. The fourth-order valence-corrected chi connectivity index (χ4v) is 8.56. The summed E-state index contributed by atoms with van der Waals surface area (Å²) in [5.41, 5.74) is 0. The molecule has 352 valence electrons. The first-order chi connectivity index (χ1) is 28.9. The van der Waals surface area contributed by atoms with Crippen LogP contribution in [0.4, 0.5) is 0 Å². The number of phosphoric ester groups is 1. The highest BCUT2D eigenvalue weighted by atomic mass is 31.2. The van der Waals surface area contributed by atoms with Crippen molar-refractivity contribution in [2.45, 2.75) is 249 Å². The highest BCUT2D eigenvalue weighted by molar-refractivity contribution is 7.47. The molecular formula is C45H83O14P. The number of esters is 2. The van der Waals surface area contributed by atoms with Crippen LogP contribution in [0.1, 0.15) is 194 Å². The van der Waals surface area contributed by atoms with Crippen LogP contribution in [0.2, 0.25) is 0 Å². The van der Waals surface area contributed by atoms with Crippen molar-refractivity contribution < 1.29 is 67.8 Å². The standard InChI is InChI=1S/C45H83O14P/c1-3-5-7-9-11-12-13-14-15-16-17-18-19-23-28-32-39(47)57-35(34-56-60(53,54)59-45-43(51)41(49)40(48)42(50)44(45)52)33-55-38(46)31-27-24-20-22-26-30-37-36(58-37)29-25-21-10-8-6-4-2/h21,25,35-37,40-45,48-52H,3-20,22-24,26-34H2,1-2H3,(H,53,54)/b25-21-/t35-,36?,37?,40?,41-,42+,43-,44-,45?/m1/s1. The normalized spacial score (nSPS) is 25.6. The zero-order chi connectivity index (χ0) is 44.0. The summed E-state index contributed by atoms with van der Waals surface area (Å²) < 4.78 is 39.3. The van der Waals surface area contributed by atoms with E-state index in [1.807, 2.05) is 0 Å². The van der Waals surface area contributed by atoms with Crippen LogP contribution in [0.15, 0.2) is 12.2 Å². The Labute approximate surface area is 360 Å². The van der Waals surface area contributed by atoms with Crippen molar-refractivity contribution >= 4 is 19.8 Å². The van der Waals surface area contributed by atoms with Gasteiger partial charge in [-0.3, -0.25) is 18.6 Å². The molecule has 15 heteroatoms. The Kier molecular flexibility index (Phi) is 30.2. The van der Waals surface area contributed by atoms with Crippen LogP contribution in [0.25, 0.3) is 0 Å². The molecule has 1 aliphatic carbocycles. The van der Waals surface area contributed by atoms with Gasteiger partial charge in [0.15, 0.2) is 6.10 Å². The minimum absolute atomic E-state index is 0.0955. The van der Waals surface area contributed by atoms with Crippen LogP contribution < -0.4 is 0 Å². The van der Waals surface area contributed by atoms with Gasteiger partial charge in [0, 0.05) is 12.8 Å². The predicted octanol–water partition coefficient (Wildman–Crippen LogP) is 8.05. The zero-order valence-electron chi connectivity index (χ0n) is 37.0. The maximum absolute atomic E-state index is 12.8. The quantitative estimate of drug-likeness (QED) is 0.0114. The number of aliphatic hydroxyl groups is 5. The fourth-order valence-electron chi connectivity index (χ4n) is 7.59. The largest absolute Gasteiger partial charge is 0.472 e. The lowest BCUT2D eigenvalue weighted by Gasteiger charge is -2.41. The molecule has 6 N–H and O–H groups in total. The molecule has 0 spiro atoms. The molecule has 0 bridgehead atoms. The van der Waals surface area contributed by atoms with Crippen molar-refractivity contribution in [3.8, 4) is 0 Å². The van der Waals surface area contributed by atoms with Crippen LogP contribution in [-0.4, -0.2) is 111 Å². The molecule has 1 saturated carbocycles. The van der Waals surface area contributed by atoms with Crippen LogP contribution in [-0.2, 0) is 37.4 Å². The zero-order valence-corrected chi connectivity index (χ0v) is 37.9. The summed E-state index contributed by atoms with van der Waals surface area (Å²) in [7, 11) is -5.12. The molecule has 1 saturated heterocycles. The van der Waals surface area contributed by atoms with Gasteiger partial charge in [0.05, 0.1) is 18.8 Å².